The number of hydrogen-bond acceptors (Lipinski definition) is 6. The zero-order valence-electron chi connectivity index (χ0n) is 16.1. The number of carbonyl (C=O) groups is 1. The van der Waals surface area contributed by atoms with Crippen molar-refractivity contribution in [1.82, 2.24) is 24.8 Å². The molecular weight excluding hydrogens is 356 g/mol. The summed E-state index contributed by atoms with van der Waals surface area (Å²) in [5, 5.41) is 11.3. The van der Waals surface area contributed by atoms with Crippen LogP contribution in [0.5, 0.6) is 0 Å². The fraction of sp³-hybridized carbons (Fsp3) is 0.400. The van der Waals surface area contributed by atoms with Gasteiger partial charge in [0.25, 0.3) is 0 Å². The number of carbonyl (C=O) groups excluding carboxylic acids is 1. The predicted molar refractivity (Wildman–Crippen MR) is 104 cm³/mol. The second-order valence-electron chi connectivity index (χ2n) is 7.31. The van der Waals surface area contributed by atoms with Gasteiger partial charge < -0.3 is 9.84 Å². The Morgan fingerprint density at radius 3 is 3.11 bits per heavy atom. The Morgan fingerprint density at radius 1 is 1.43 bits per heavy atom. The number of amides is 1. The zero-order chi connectivity index (χ0) is 19.5. The third-order valence-electron chi connectivity index (χ3n) is 5.07. The molecule has 0 aliphatic carbocycles. The number of rotatable bonds is 5. The summed E-state index contributed by atoms with van der Waals surface area (Å²) in [6, 6.07) is 5.75. The monoisotopic (exact) mass is 380 g/mol. The number of pyridine rings is 1. The molecule has 1 N–H and O–H groups in total. The summed E-state index contributed by atoms with van der Waals surface area (Å²) in [5.74, 6) is 1.40. The molecule has 1 amide bonds. The summed E-state index contributed by atoms with van der Waals surface area (Å²) in [4.78, 5) is 19.2. The maximum Gasteiger partial charge on any atom is 0.229 e. The van der Waals surface area contributed by atoms with E-state index in [-0.39, 0.29) is 11.8 Å². The number of aryl methyl sites for hydroxylation is 2. The van der Waals surface area contributed by atoms with Crippen LogP contribution in [0.25, 0.3) is 11.3 Å². The maximum atomic E-state index is 12.7. The number of likely N-dealkylation sites (tertiary alicyclic amines) is 1. The van der Waals surface area contributed by atoms with Gasteiger partial charge in [-0.1, -0.05) is 11.2 Å². The van der Waals surface area contributed by atoms with Crippen LogP contribution in [0.1, 0.15) is 24.2 Å². The molecule has 8 heteroatoms. The van der Waals surface area contributed by atoms with Crippen LogP contribution in [-0.2, 0) is 18.4 Å². The number of hydrogen-bond donors (Lipinski definition) is 1. The molecule has 3 aromatic rings. The lowest BCUT2D eigenvalue weighted by atomic mass is 9.97. The largest absolute Gasteiger partial charge is 0.359 e. The number of nitrogens with zero attached hydrogens (tertiary/aromatic N) is 5. The standard InChI is InChI=1S/C20H24N6O2/c1-14-5-3-7-21-19(14)23-20(27)15-6-4-8-26(12-15)13-17-9-18(24-28-17)16-10-22-25(2)11-16/h3,5,7,9-11,15H,4,6,8,12-13H2,1-2H3,(H,21,23,27)/t15-/m0/s1. The number of piperidine rings is 1. The number of nitrogens with one attached hydrogen (secondary N) is 1. The lowest BCUT2D eigenvalue weighted by molar-refractivity contribution is -0.121. The first kappa shape index (κ1) is 18.4. The molecule has 1 saturated heterocycles. The molecule has 1 aliphatic heterocycles. The van der Waals surface area contributed by atoms with Crippen molar-refractivity contribution in [2.75, 3.05) is 18.4 Å². The van der Waals surface area contributed by atoms with Crippen LogP contribution in [-0.4, -0.2) is 43.8 Å². The third kappa shape index (κ3) is 4.12. The Bertz CT molecular complexity index is 963. The average molecular weight is 380 g/mol. The van der Waals surface area contributed by atoms with Crippen LogP contribution in [0.15, 0.2) is 41.3 Å². The predicted octanol–water partition coefficient (Wildman–Crippen LogP) is 2.63. The van der Waals surface area contributed by atoms with Gasteiger partial charge in [-0.15, -0.1) is 0 Å². The summed E-state index contributed by atoms with van der Waals surface area (Å²) < 4.78 is 7.24. The van der Waals surface area contributed by atoms with Gasteiger partial charge in [0.1, 0.15) is 11.5 Å². The van der Waals surface area contributed by atoms with E-state index in [1.165, 1.54) is 0 Å². The smallest absolute Gasteiger partial charge is 0.229 e. The van der Waals surface area contributed by atoms with Crippen LogP contribution in [0.2, 0.25) is 0 Å². The molecular formula is C20H24N6O2. The molecule has 4 rings (SSSR count). The van der Waals surface area contributed by atoms with Crippen LogP contribution >= 0.6 is 0 Å². The average Bonchev–Trinajstić information content (AvgIpc) is 3.33. The normalized spacial score (nSPS) is 17.6. The van der Waals surface area contributed by atoms with Crippen molar-refractivity contribution in [2.45, 2.75) is 26.3 Å². The highest BCUT2D eigenvalue weighted by Crippen LogP contribution is 2.23. The molecule has 28 heavy (non-hydrogen) atoms. The van der Waals surface area contributed by atoms with Gasteiger partial charge >= 0.3 is 0 Å². The summed E-state index contributed by atoms with van der Waals surface area (Å²) in [7, 11) is 1.87. The van der Waals surface area contributed by atoms with E-state index in [1.54, 1.807) is 17.1 Å². The van der Waals surface area contributed by atoms with Gasteiger partial charge in [-0.05, 0) is 37.9 Å². The van der Waals surface area contributed by atoms with E-state index in [1.807, 2.05) is 38.4 Å². The van der Waals surface area contributed by atoms with Crippen LogP contribution in [0.4, 0.5) is 5.82 Å². The van der Waals surface area contributed by atoms with Gasteiger partial charge in [-0.25, -0.2) is 4.98 Å². The third-order valence-corrected chi connectivity index (χ3v) is 5.07. The summed E-state index contributed by atoms with van der Waals surface area (Å²) in [6.45, 7) is 4.22. The molecule has 4 heterocycles. The summed E-state index contributed by atoms with van der Waals surface area (Å²) in [5.41, 5.74) is 2.67. The van der Waals surface area contributed by atoms with Gasteiger partial charge in [-0.2, -0.15) is 5.10 Å². The van der Waals surface area contributed by atoms with Crippen molar-refractivity contribution in [3.05, 3.63) is 48.1 Å². The first-order valence-corrected chi connectivity index (χ1v) is 9.48. The Kier molecular flexibility index (Phi) is 5.21. The molecule has 0 bridgehead atoms. The maximum absolute atomic E-state index is 12.7. The summed E-state index contributed by atoms with van der Waals surface area (Å²) in [6.07, 6.45) is 7.22. The first-order chi connectivity index (χ1) is 13.6. The minimum atomic E-state index is -0.0594. The van der Waals surface area contributed by atoms with Crippen LogP contribution < -0.4 is 5.32 Å². The van der Waals surface area contributed by atoms with Gasteiger partial charge in [0.2, 0.25) is 5.91 Å². The Balaban J connectivity index is 1.37. The highest BCUT2D eigenvalue weighted by Gasteiger charge is 2.27. The van der Waals surface area contributed by atoms with Gasteiger partial charge in [-0.3, -0.25) is 14.4 Å². The molecule has 146 valence electrons. The topological polar surface area (TPSA) is 89.1 Å². The van der Waals surface area contributed by atoms with E-state index in [9.17, 15) is 4.79 Å². The second-order valence-corrected chi connectivity index (χ2v) is 7.31. The Labute approximate surface area is 163 Å². The molecule has 1 atom stereocenters. The van der Waals surface area contributed by atoms with Crippen molar-refractivity contribution in [3.8, 4) is 11.3 Å². The van der Waals surface area contributed by atoms with Crippen molar-refractivity contribution < 1.29 is 9.32 Å². The molecule has 0 saturated carbocycles. The fourth-order valence-corrected chi connectivity index (χ4v) is 3.55. The fourth-order valence-electron chi connectivity index (χ4n) is 3.55. The van der Waals surface area contributed by atoms with Crippen molar-refractivity contribution in [1.29, 1.82) is 0 Å². The molecule has 0 aromatic carbocycles. The van der Waals surface area contributed by atoms with E-state index in [2.05, 4.69) is 25.5 Å². The van der Waals surface area contributed by atoms with Crippen molar-refractivity contribution in [3.63, 3.8) is 0 Å². The quantitative estimate of drug-likeness (QED) is 0.732. The minimum absolute atomic E-state index is 0.0279. The lowest BCUT2D eigenvalue weighted by Crippen LogP contribution is -2.40. The second kappa shape index (κ2) is 7.93. The molecule has 0 spiro atoms. The summed E-state index contributed by atoms with van der Waals surface area (Å²) >= 11 is 0. The van der Waals surface area contributed by atoms with Crippen LogP contribution in [0.3, 0.4) is 0 Å². The van der Waals surface area contributed by atoms with Crippen molar-refractivity contribution >= 4 is 11.7 Å². The van der Waals surface area contributed by atoms with Gasteiger partial charge in [0.05, 0.1) is 18.7 Å². The highest BCUT2D eigenvalue weighted by molar-refractivity contribution is 5.92. The first-order valence-electron chi connectivity index (χ1n) is 9.48. The van der Waals surface area contributed by atoms with E-state index < -0.39 is 0 Å². The van der Waals surface area contributed by atoms with E-state index in [0.29, 0.717) is 18.9 Å². The molecule has 3 aromatic heterocycles. The molecule has 1 aliphatic rings. The number of aromatic nitrogens is 4. The van der Waals surface area contributed by atoms with E-state index in [0.717, 1.165) is 42.0 Å². The lowest BCUT2D eigenvalue weighted by Gasteiger charge is -2.31. The zero-order valence-corrected chi connectivity index (χ0v) is 16.1. The van der Waals surface area contributed by atoms with Gasteiger partial charge in [0.15, 0.2) is 5.76 Å². The SMILES string of the molecule is Cc1cccnc1NC(=O)[C@H]1CCCN(Cc2cc(-c3cnn(C)c3)no2)C1. The molecule has 8 nitrogen and oxygen atoms in total. The van der Waals surface area contributed by atoms with Crippen LogP contribution in [0, 0.1) is 12.8 Å². The molecule has 0 unspecified atom stereocenters. The van der Waals surface area contributed by atoms with E-state index >= 15 is 0 Å². The van der Waals surface area contributed by atoms with E-state index in [4.69, 9.17) is 4.52 Å². The van der Waals surface area contributed by atoms with Gasteiger partial charge in [0, 0.05) is 37.6 Å². The Morgan fingerprint density at radius 2 is 2.32 bits per heavy atom. The molecule has 1 fully saturated rings. The molecule has 0 radical (unpaired) electrons. The minimum Gasteiger partial charge on any atom is -0.359 e. The Hall–Kier alpha value is -3.00. The highest BCUT2D eigenvalue weighted by atomic mass is 16.5. The number of anilines is 1. The van der Waals surface area contributed by atoms with Crippen molar-refractivity contribution in [2.24, 2.45) is 13.0 Å².